The summed E-state index contributed by atoms with van der Waals surface area (Å²) in [6.45, 7) is -0.000776. The first-order valence-electron chi connectivity index (χ1n) is 10.8. The first-order chi connectivity index (χ1) is 16.5. The van der Waals surface area contributed by atoms with E-state index < -0.39 is 11.7 Å². The third-order valence-corrected chi connectivity index (χ3v) is 5.75. The number of fused-ring (bicyclic) bond motifs is 1. The van der Waals surface area contributed by atoms with Gasteiger partial charge in [0.05, 0.1) is 17.3 Å². The van der Waals surface area contributed by atoms with Crippen LogP contribution in [-0.2, 0) is 13.6 Å². The molecule has 0 saturated heterocycles. The van der Waals surface area contributed by atoms with Crippen LogP contribution in [0.25, 0.3) is 33.7 Å². The number of aryl methyl sites for hydroxylation is 1. The van der Waals surface area contributed by atoms with Gasteiger partial charge in [-0.05, 0) is 30.5 Å². The number of carbonyl (C=O) groups is 1. The van der Waals surface area contributed by atoms with E-state index in [0.29, 0.717) is 34.0 Å². The number of H-pyrrole nitrogens is 1. The Kier molecular flexibility index (Phi) is 4.68. The van der Waals surface area contributed by atoms with E-state index in [2.05, 4.69) is 35.5 Å². The molecule has 0 unspecified atom stereocenters. The maximum absolute atomic E-state index is 14.9. The Morgan fingerprint density at radius 2 is 2.15 bits per heavy atom. The highest BCUT2D eigenvalue weighted by Gasteiger charge is 2.30. The maximum atomic E-state index is 14.9. The molecule has 1 aliphatic carbocycles. The molecular weight excluding hydrogens is 439 g/mol. The van der Waals surface area contributed by atoms with E-state index in [4.69, 9.17) is 4.52 Å². The Morgan fingerprint density at radius 3 is 2.91 bits per heavy atom. The zero-order valence-electron chi connectivity index (χ0n) is 18.1. The van der Waals surface area contributed by atoms with Gasteiger partial charge in [-0.25, -0.2) is 14.4 Å². The topological polar surface area (TPSA) is 127 Å². The van der Waals surface area contributed by atoms with E-state index in [9.17, 15) is 9.18 Å². The van der Waals surface area contributed by atoms with Gasteiger partial charge in [0.2, 0.25) is 5.89 Å². The second-order valence-corrected chi connectivity index (χ2v) is 8.26. The van der Waals surface area contributed by atoms with E-state index in [0.717, 1.165) is 24.0 Å². The van der Waals surface area contributed by atoms with E-state index >= 15 is 0 Å². The van der Waals surface area contributed by atoms with E-state index in [1.807, 2.05) is 13.2 Å². The number of halogens is 1. The second kappa shape index (κ2) is 7.87. The summed E-state index contributed by atoms with van der Waals surface area (Å²) >= 11 is 0. The average Bonchev–Trinajstić information content (AvgIpc) is 3.22. The number of amides is 1. The molecule has 1 aliphatic rings. The summed E-state index contributed by atoms with van der Waals surface area (Å²) < 4.78 is 21.7. The first-order valence-corrected chi connectivity index (χ1v) is 10.8. The monoisotopic (exact) mass is 458 g/mol. The number of pyridine rings is 1. The minimum Gasteiger partial charge on any atom is -0.345 e. The van der Waals surface area contributed by atoms with Crippen molar-refractivity contribution in [1.82, 2.24) is 40.2 Å². The number of hydrogen-bond donors (Lipinski definition) is 2. The molecule has 0 bridgehead atoms. The van der Waals surface area contributed by atoms with Gasteiger partial charge >= 0.3 is 0 Å². The van der Waals surface area contributed by atoms with Crippen molar-refractivity contribution in [2.45, 2.75) is 25.3 Å². The van der Waals surface area contributed by atoms with Crippen molar-refractivity contribution in [2.24, 2.45) is 7.05 Å². The van der Waals surface area contributed by atoms with Gasteiger partial charge in [-0.3, -0.25) is 9.48 Å². The molecule has 1 amide bonds. The van der Waals surface area contributed by atoms with Crippen molar-refractivity contribution in [3.8, 4) is 22.5 Å². The normalized spacial score (nSPS) is 13.5. The zero-order chi connectivity index (χ0) is 23.2. The fraction of sp³-hybridized carbons (Fsp3) is 0.217. The molecule has 34 heavy (non-hydrogen) atoms. The van der Waals surface area contributed by atoms with E-state index in [1.54, 1.807) is 35.3 Å². The van der Waals surface area contributed by atoms with Crippen molar-refractivity contribution in [3.63, 3.8) is 0 Å². The summed E-state index contributed by atoms with van der Waals surface area (Å²) in [5.74, 6) is 0.386. The summed E-state index contributed by atoms with van der Waals surface area (Å²) in [5, 5.41) is 10.5. The molecule has 170 valence electrons. The fourth-order valence-corrected chi connectivity index (χ4v) is 3.77. The molecule has 0 radical (unpaired) electrons. The summed E-state index contributed by atoms with van der Waals surface area (Å²) in [6.07, 6.45) is 7.18. The van der Waals surface area contributed by atoms with Crippen molar-refractivity contribution in [2.75, 3.05) is 0 Å². The Bertz CT molecular complexity index is 1530. The summed E-state index contributed by atoms with van der Waals surface area (Å²) in [6, 6.07) is 6.67. The quantitative estimate of drug-likeness (QED) is 0.399. The molecular formula is C23H19FN8O2. The maximum Gasteiger partial charge on any atom is 0.292 e. The Hall–Kier alpha value is -4.41. The SMILES string of the molecule is Cn1cc(-c2nc3nccc(-c4ccc(CNC(=O)c5noc(C6CC6)n5)c(F)c4)c3[nH]2)cn1. The van der Waals surface area contributed by atoms with Crippen LogP contribution in [-0.4, -0.2) is 40.8 Å². The molecule has 0 spiro atoms. The standard InChI is InChI=1S/C23H19FN8O2/c1-32-11-15(10-27-32)19-28-18-16(6-7-25-20(18)29-19)13-4-5-14(17(24)8-13)9-26-22(33)21-30-23(34-31-21)12-2-3-12/h4-8,10-12H,2-3,9H2,1H3,(H,26,33)(H,25,28,29). The average molecular weight is 458 g/mol. The van der Waals surface area contributed by atoms with Crippen LogP contribution in [0.5, 0.6) is 0 Å². The predicted octanol–water partition coefficient (Wildman–Crippen LogP) is 3.35. The van der Waals surface area contributed by atoms with Crippen LogP contribution in [0.2, 0.25) is 0 Å². The van der Waals surface area contributed by atoms with Gasteiger partial charge in [-0.15, -0.1) is 0 Å². The molecule has 1 fully saturated rings. The number of benzene rings is 1. The summed E-state index contributed by atoms with van der Waals surface area (Å²) in [5.41, 5.74) is 3.82. The van der Waals surface area contributed by atoms with Crippen molar-refractivity contribution < 1.29 is 13.7 Å². The fourth-order valence-electron chi connectivity index (χ4n) is 3.77. The number of nitrogens with one attached hydrogen (secondary N) is 2. The number of aromatic amines is 1. The Balaban J connectivity index is 1.22. The molecule has 1 aromatic carbocycles. The minimum absolute atomic E-state index is 0.000776. The number of hydrogen-bond acceptors (Lipinski definition) is 7. The Morgan fingerprint density at radius 1 is 1.26 bits per heavy atom. The highest BCUT2D eigenvalue weighted by Crippen LogP contribution is 2.38. The molecule has 0 atom stereocenters. The van der Waals surface area contributed by atoms with Crippen LogP contribution >= 0.6 is 0 Å². The molecule has 2 N–H and O–H groups in total. The minimum atomic E-state index is -0.504. The lowest BCUT2D eigenvalue weighted by molar-refractivity contribution is 0.0937. The molecule has 10 nitrogen and oxygen atoms in total. The van der Waals surface area contributed by atoms with Gasteiger partial charge < -0.3 is 14.8 Å². The van der Waals surface area contributed by atoms with Crippen LogP contribution in [0.15, 0.2) is 47.4 Å². The van der Waals surface area contributed by atoms with Crippen molar-refractivity contribution in [1.29, 1.82) is 0 Å². The number of aromatic nitrogens is 7. The molecule has 6 rings (SSSR count). The van der Waals surface area contributed by atoms with E-state index in [1.165, 1.54) is 6.07 Å². The third-order valence-electron chi connectivity index (χ3n) is 5.75. The third kappa shape index (κ3) is 3.70. The largest absolute Gasteiger partial charge is 0.345 e. The van der Waals surface area contributed by atoms with Crippen LogP contribution in [0.3, 0.4) is 0 Å². The number of imidazole rings is 1. The lowest BCUT2D eigenvalue weighted by Crippen LogP contribution is -2.24. The van der Waals surface area contributed by atoms with Crippen molar-refractivity contribution in [3.05, 3.63) is 66.0 Å². The molecule has 4 heterocycles. The number of rotatable bonds is 6. The highest BCUT2D eigenvalue weighted by atomic mass is 19.1. The summed E-state index contributed by atoms with van der Waals surface area (Å²) in [4.78, 5) is 28.5. The predicted molar refractivity (Wildman–Crippen MR) is 119 cm³/mol. The van der Waals surface area contributed by atoms with Gasteiger partial charge in [0.1, 0.15) is 11.6 Å². The van der Waals surface area contributed by atoms with Crippen LogP contribution in [0, 0.1) is 5.82 Å². The highest BCUT2D eigenvalue weighted by molar-refractivity contribution is 5.91. The summed E-state index contributed by atoms with van der Waals surface area (Å²) in [7, 11) is 1.83. The molecule has 1 saturated carbocycles. The number of carbonyl (C=O) groups excluding carboxylic acids is 1. The van der Waals surface area contributed by atoms with Gasteiger partial charge in [-0.1, -0.05) is 17.3 Å². The Labute approximate surface area is 192 Å². The van der Waals surface area contributed by atoms with E-state index in [-0.39, 0.29) is 18.3 Å². The first kappa shape index (κ1) is 20.2. The molecule has 11 heteroatoms. The van der Waals surface area contributed by atoms with Crippen LogP contribution < -0.4 is 5.32 Å². The number of nitrogens with zero attached hydrogens (tertiary/aromatic N) is 6. The molecule has 0 aliphatic heterocycles. The van der Waals surface area contributed by atoms with Gasteiger partial charge in [0.25, 0.3) is 11.7 Å². The van der Waals surface area contributed by atoms with Crippen LogP contribution in [0.4, 0.5) is 4.39 Å². The van der Waals surface area contributed by atoms with Gasteiger partial charge in [-0.2, -0.15) is 10.1 Å². The smallest absolute Gasteiger partial charge is 0.292 e. The van der Waals surface area contributed by atoms with Gasteiger partial charge in [0, 0.05) is 43.0 Å². The second-order valence-electron chi connectivity index (χ2n) is 8.26. The van der Waals surface area contributed by atoms with Crippen LogP contribution in [0.1, 0.15) is 40.8 Å². The molecule has 4 aromatic heterocycles. The lowest BCUT2D eigenvalue weighted by atomic mass is 10.0. The zero-order valence-corrected chi connectivity index (χ0v) is 18.1. The van der Waals surface area contributed by atoms with Crippen molar-refractivity contribution >= 4 is 17.1 Å². The van der Waals surface area contributed by atoms with Gasteiger partial charge in [0.15, 0.2) is 5.65 Å². The molecule has 5 aromatic rings. The lowest BCUT2D eigenvalue weighted by Gasteiger charge is -2.08.